The summed E-state index contributed by atoms with van der Waals surface area (Å²) in [4.78, 5) is 14.2. The van der Waals surface area contributed by atoms with Gasteiger partial charge in [-0.3, -0.25) is 4.79 Å². The molecule has 0 aliphatic carbocycles. The molecule has 0 fully saturated rings. The van der Waals surface area contributed by atoms with Crippen LogP contribution in [0.3, 0.4) is 0 Å². The van der Waals surface area contributed by atoms with Gasteiger partial charge in [-0.1, -0.05) is 55.5 Å². The molecule has 0 bridgehead atoms. The quantitative estimate of drug-likeness (QED) is 0.912. The molecule has 2 aromatic rings. The molecule has 0 aliphatic rings. The Kier molecular flexibility index (Phi) is 4.99. The van der Waals surface area contributed by atoms with Gasteiger partial charge >= 0.3 is 0 Å². The van der Waals surface area contributed by atoms with Crippen molar-refractivity contribution in [3.8, 4) is 0 Å². The number of benzene rings is 2. The van der Waals surface area contributed by atoms with Crippen molar-refractivity contribution in [2.75, 3.05) is 19.4 Å². The molecule has 2 unspecified atom stereocenters. The fourth-order valence-electron chi connectivity index (χ4n) is 2.34. The van der Waals surface area contributed by atoms with Gasteiger partial charge in [0.15, 0.2) is 0 Å². The van der Waals surface area contributed by atoms with Crippen LogP contribution in [0.15, 0.2) is 60.7 Å². The third kappa shape index (κ3) is 3.85. The van der Waals surface area contributed by atoms with Crippen LogP contribution in [0.4, 0.5) is 5.69 Å². The highest BCUT2D eigenvalue weighted by atomic mass is 16.2. The average Bonchev–Trinajstić information content (AvgIpc) is 2.53. The van der Waals surface area contributed by atoms with Gasteiger partial charge in [0.1, 0.15) is 6.04 Å². The molecule has 1 amide bonds. The summed E-state index contributed by atoms with van der Waals surface area (Å²) in [7, 11) is 3.58. The van der Waals surface area contributed by atoms with Gasteiger partial charge in [-0.25, -0.2) is 0 Å². The zero-order valence-corrected chi connectivity index (χ0v) is 12.8. The van der Waals surface area contributed by atoms with E-state index in [9.17, 15) is 4.79 Å². The van der Waals surface area contributed by atoms with E-state index in [0.717, 1.165) is 11.3 Å². The molecule has 0 radical (unpaired) electrons. The predicted molar refractivity (Wildman–Crippen MR) is 87.4 cm³/mol. The zero-order valence-electron chi connectivity index (χ0n) is 12.8. The maximum absolute atomic E-state index is 12.5. The van der Waals surface area contributed by atoms with Crippen LogP contribution < -0.4 is 5.32 Å². The van der Waals surface area contributed by atoms with Crippen molar-refractivity contribution in [3.63, 3.8) is 0 Å². The summed E-state index contributed by atoms with van der Waals surface area (Å²) in [5, 5.41) is 3.37. The van der Waals surface area contributed by atoms with Crippen LogP contribution in [0.25, 0.3) is 0 Å². The van der Waals surface area contributed by atoms with Crippen LogP contribution in [0.1, 0.15) is 18.4 Å². The molecule has 0 aliphatic heterocycles. The highest BCUT2D eigenvalue weighted by Crippen LogP contribution is 2.23. The SMILES string of the molecule is CC(c1ccccc1)C(Nc1ccccc1)C(=O)N(C)C. The first-order chi connectivity index (χ1) is 10.1. The normalized spacial score (nSPS) is 13.3. The van der Waals surface area contributed by atoms with E-state index >= 15 is 0 Å². The number of amides is 1. The summed E-state index contributed by atoms with van der Waals surface area (Å²) in [6.07, 6.45) is 0. The van der Waals surface area contributed by atoms with Crippen molar-refractivity contribution in [2.24, 2.45) is 0 Å². The van der Waals surface area contributed by atoms with Gasteiger partial charge < -0.3 is 10.2 Å². The second-order valence-electron chi connectivity index (χ2n) is 5.42. The fraction of sp³-hybridized carbons (Fsp3) is 0.278. The first-order valence-corrected chi connectivity index (χ1v) is 7.17. The molecule has 0 heterocycles. The first-order valence-electron chi connectivity index (χ1n) is 7.17. The van der Waals surface area contributed by atoms with Crippen molar-refractivity contribution in [1.82, 2.24) is 4.90 Å². The Morgan fingerprint density at radius 2 is 1.48 bits per heavy atom. The van der Waals surface area contributed by atoms with Crippen LogP contribution in [0, 0.1) is 0 Å². The van der Waals surface area contributed by atoms with E-state index in [0.29, 0.717) is 0 Å². The van der Waals surface area contributed by atoms with Gasteiger partial charge in [0.05, 0.1) is 0 Å². The lowest BCUT2D eigenvalue weighted by Gasteiger charge is -2.28. The van der Waals surface area contributed by atoms with Crippen LogP contribution >= 0.6 is 0 Å². The van der Waals surface area contributed by atoms with Gasteiger partial charge in [0.2, 0.25) is 5.91 Å². The average molecular weight is 282 g/mol. The molecular weight excluding hydrogens is 260 g/mol. The number of nitrogens with zero attached hydrogens (tertiary/aromatic N) is 1. The zero-order chi connectivity index (χ0) is 15.2. The summed E-state index contributed by atoms with van der Waals surface area (Å²) in [6.45, 7) is 2.08. The number of hydrogen-bond donors (Lipinski definition) is 1. The number of carbonyl (C=O) groups excluding carboxylic acids is 1. The molecule has 2 atom stereocenters. The Labute approximate surface area is 126 Å². The lowest BCUT2D eigenvalue weighted by molar-refractivity contribution is -0.129. The Hall–Kier alpha value is -2.29. The molecule has 0 spiro atoms. The number of likely N-dealkylation sites (N-methyl/N-ethyl adjacent to an activating group) is 1. The standard InChI is InChI=1S/C18H22N2O/c1-14(15-10-6-4-7-11-15)17(18(21)20(2)3)19-16-12-8-5-9-13-16/h4-14,17,19H,1-3H3. The number of anilines is 1. The van der Waals surface area contributed by atoms with Crippen molar-refractivity contribution in [3.05, 3.63) is 66.2 Å². The molecule has 2 rings (SSSR count). The number of para-hydroxylation sites is 1. The largest absolute Gasteiger partial charge is 0.373 e. The molecular formula is C18H22N2O. The van der Waals surface area contributed by atoms with E-state index in [1.54, 1.807) is 19.0 Å². The summed E-state index contributed by atoms with van der Waals surface area (Å²) in [5.74, 6) is 0.163. The molecule has 110 valence electrons. The summed E-state index contributed by atoms with van der Waals surface area (Å²) >= 11 is 0. The lowest BCUT2D eigenvalue weighted by atomic mass is 9.92. The second kappa shape index (κ2) is 6.93. The number of nitrogens with one attached hydrogen (secondary N) is 1. The monoisotopic (exact) mass is 282 g/mol. The van der Waals surface area contributed by atoms with Crippen molar-refractivity contribution < 1.29 is 4.79 Å². The minimum Gasteiger partial charge on any atom is -0.373 e. The smallest absolute Gasteiger partial charge is 0.245 e. The van der Waals surface area contributed by atoms with Crippen molar-refractivity contribution >= 4 is 11.6 Å². The molecule has 2 aromatic carbocycles. The van der Waals surface area contributed by atoms with Crippen LogP contribution in [-0.2, 0) is 4.79 Å². The van der Waals surface area contributed by atoms with E-state index in [1.165, 1.54) is 0 Å². The molecule has 21 heavy (non-hydrogen) atoms. The fourth-order valence-corrected chi connectivity index (χ4v) is 2.34. The first kappa shape index (κ1) is 15.1. The maximum atomic E-state index is 12.5. The van der Waals surface area contributed by atoms with Gasteiger partial charge in [-0.15, -0.1) is 0 Å². The van der Waals surface area contributed by atoms with Crippen LogP contribution in [-0.4, -0.2) is 30.9 Å². The van der Waals surface area contributed by atoms with E-state index in [1.807, 2.05) is 48.5 Å². The van der Waals surface area contributed by atoms with Gasteiger partial charge in [0, 0.05) is 25.7 Å². The molecule has 0 saturated carbocycles. The highest BCUT2D eigenvalue weighted by Gasteiger charge is 2.27. The predicted octanol–water partition coefficient (Wildman–Crippen LogP) is 3.36. The molecule has 1 N–H and O–H groups in total. The third-order valence-electron chi connectivity index (χ3n) is 3.63. The Balaban J connectivity index is 2.26. The van der Waals surface area contributed by atoms with Crippen LogP contribution in [0.2, 0.25) is 0 Å². The topological polar surface area (TPSA) is 32.3 Å². The lowest BCUT2D eigenvalue weighted by Crippen LogP contribution is -2.42. The Morgan fingerprint density at radius 1 is 0.952 bits per heavy atom. The maximum Gasteiger partial charge on any atom is 0.245 e. The van der Waals surface area contributed by atoms with Crippen molar-refractivity contribution in [2.45, 2.75) is 18.9 Å². The number of rotatable bonds is 5. The van der Waals surface area contributed by atoms with Crippen molar-refractivity contribution in [1.29, 1.82) is 0 Å². The number of hydrogen-bond acceptors (Lipinski definition) is 2. The molecule has 3 nitrogen and oxygen atoms in total. The van der Waals surface area contributed by atoms with Gasteiger partial charge in [0.25, 0.3) is 0 Å². The van der Waals surface area contributed by atoms with E-state index in [4.69, 9.17) is 0 Å². The van der Waals surface area contributed by atoms with E-state index in [2.05, 4.69) is 24.4 Å². The Morgan fingerprint density at radius 3 is 2.00 bits per heavy atom. The second-order valence-corrected chi connectivity index (χ2v) is 5.42. The van der Waals surface area contributed by atoms with Gasteiger partial charge in [-0.2, -0.15) is 0 Å². The minimum atomic E-state index is -0.287. The Bertz CT molecular complexity index is 566. The van der Waals surface area contributed by atoms with Gasteiger partial charge in [-0.05, 0) is 17.7 Å². The molecule has 0 aromatic heterocycles. The van der Waals surface area contributed by atoms with E-state index < -0.39 is 0 Å². The summed E-state index contributed by atoms with van der Waals surface area (Å²) in [5.41, 5.74) is 2.11. The summed E-state index contributed by atoms with van der Waals surface area (Å²) < 4.78 is 0. The third-order valence-corrected chi connectivity index (χ3v) is 3.63. The minimum absolute atomic E-state index is 0.0789. The summed E-state index contributed by atoms with van der Waals surface area (Å²) in [6, 6.07) is 19.7. The van der Waals surface area contributed by atoms with E-state index in [-0.39, 0.29) is 17.9 Å². The number of carbonyl (C=O) groups is 1. The molecule has 3 heteroatoms. The highest BCUT2D eigenvalue weighted by molar-refractivity contribution is 5.85. The molecule has 0 saturated heterocycles. The van der Waals surface area contributed by atoms with Crippen LogP contribution in [0.5, 0.6) is 0 Å².